The quantitative estimate of drug-likeness (QED) is 0.390. The Hall–Kier alpha value is -3.47. The number of imidazole rings is 1. The number of ether oxygens (including phenoxy) is 3. The van der Waals surface area contributed by atoms with E-state index < -0.39 is 0 Å². The molecule has 0 saturated heterocycles. The van der Waals surface area contributed by atoms with E-state index in [9.17, 15) is 0 Å². The second kappa shape index (κ2) is 8.69. The number of fused-ring (bicyclic) bond motifs is 1. The molecule has 0 aliphatic carbocycles. The first-order valence-corrected chi connectivity index (χ1v) is 9.65. The summed E-state index contributed by atoms with van der Waals surface area (Å²) in [5.41, 5.74) is 3.18. The van der Waals surface area contributed by atoms with E-state index in [1.54, 1.807) is 14.2 Å². The Morgan fingerprint density at radius 3 is 2.34 bits per heavy atom. The molecular weight excluding hydrogens is 364 g/mol. The van der Waals surface area contributed by atoms with Crippen LogP contribution in [0.2, 0.25) is 0 Å². The van der Waals surface area contributed by atoms with Crippen LogP contribution in [0.1, 0.15) is 6.42 Å². The highest BCUT2D eigenvalue weighted by Crippen LogP contribution is 2.27. The smallest absolute Gasteiger partial charge is 0.141 e. The summed E-state index contributed by atoms with van der Waals surface area (Å²) in [6, 6.07) is 23.9. The molecule has 3 aromatic carbocycles. The molecular formula is C24H24N2O3. The van der Waals surface area contributed by atoms with Gasteiger partial charge in [0.05, 0.1) is 31.9 Å². The molecule has 1 heterocycles. The van der Waals surface area contributed by atoms with Crippen LogP contribution in [-0.2, 0) is 6.54 Å². The average molecular weight is 388 g/mol. The van der Waals surface area contributed by atoms with E-state index in [1.165, 1.54) is 0 Å². The molecule has 0 aliphatic heterocycles. The molecule has 0 radical (unpaired) electrons. The Bertz CT molecular complexity index is 1090. The Labute approximate surface area is 170 Å². The first kappa shape index (κ1) is 18.9. The summed E-state index contributed by atoms with van der Waals surface area (Å²) >= 11 is 0. The number of aryl methyl sites for hydroxylation is 1. The standard InChI is InChI=1S/C24H24N2O3/c1-27-19-13-11-18(12-14-19)24-25-22-9-3-4-10-23(22)26(24)15-6-16-29-21-8-5-7-20(17-21)28-2/h3-5,7-14,17H,6,15-16H2,1-2H3. The first-order chi connectivity index (χ1) is 14.3. The fourth-order valence-electron chi connectivity index (χ4n) is 3.37. The largest absolute Gasteiger partial charge is 0.497 e. The number of benzene rings is 3. The summed E-state index contributed by atoms with van der Waals surface area (Å²) < 4.78 is 18.7. The van der Waals surface area contributed by atoms with Crippen molar-refractivity contribution in [1.82, 2.24) is 9.55 Å². The van der Waals surface area contributed by atoms with E-state index in [2.05, 4.69) is 10.6 Å². The second-order valence-electron chi connectivity index (χ2n) is 6.69. The fourth-order valence-corrected chi connectivity index (χ4v) is 3.37. The van der Waals surface area contributed by atoms with Gasteiger partial charge in [0.1, 0.15) is 23.1 Å². The molecule has 0 saturated carbocycles. The molecule has 0 N–H and O–H groups in total. The van der Waals surface area contributed by atoms with Crippen molar-refractivity contribution >= 4 is 11.0 Å². The van der Waals surface area contributed by atoms with Crippen molar-refractivity contribution in [1.29, 1.82) is 0 Å². The number of aromatic nitrogens is 2. The van der Waals surface area contributed by atoms with Gasteiger partial charge in [0.25, 0.3) is 0 Å². The van der Waals surface area contributed by atoms with Crippen LogP contribution in [0.25, 0.3) is 22.4 Å². The number of hydrogen-bond donors (Lipinski definition) is 0. The highest BCUT2D eigenvalue weighted by molar-refractivity contribution is 5.80. The Kier molecular flexibility index (Phi) is 5.66. The highest BCUT2D eigenvalue weighted by atomic mass is 16.5. The number of hydrogen-bond acceptors (Lipinski definition) is 4. The van der Waals surface area contributed by atoms with E-state index in [1.807, 2.05) is 66.7 Å². The minimum atomic E-state index is 0.613. The van der Waals surface area contributed by atoms with Crippen LogP contribution in [0.15, 0.2) is 72.8 Å². The van der Waals surface area contributed by atoms with Gasteiger partial charge in [-0.25, -0.2) is 4.98 Å². The minimum absolute atomic E-state index is 0.613. The van der Waals surface area contributed by atoms with Gasteiger partial charge in [-0.2, -0.15) is 0 Å². The van der Waals surface area contributed by atoms with Crippen LogP contribution in [-0.4, -0.2) is 30.4 Å². The van der Waals surface area contributed by atoms with Crippen molar-refractivity contribution < 1.29 is 14.2 Å². The van der Waals surface area contributed by atoms with Crippen LogP contribution in [0, 0.1) is 0 Å². The normalized spacial score (nSPS) is 10.8. The third-order valence-electron chi connectivity index (χ3n) is 4.84. The molecule has 29 heavy (non-hydrogen) atoms. The topological polar surface area (TPSA) is 45.5 Å². The fraction of sp³-hybridized carbons (Fsp3) is 0.208. The molecule has 4 rings (SSSR count). The van der Waals surface area contributed by atoms with Crippen molar-refractivity contribution in [3.63, 3.8) is 0 Å². The summed E-state index contributed by atoms with van der Waals surface area (Å²) in [5, 5.41) is 0. The van der Waals surface area contributed by atoms with Crippen molar-refractivity contribution in [2.45, 2.75) is 13.0 Å². The van der Waals surface area contributed by atoms with Crippen LogP contribution < -0.4 is 14.2 Å². The summed E-state index contributed by atoms with van der Waals surface area (Å²) in [6.45, 7) is 1.42. The van der Waals surface area contributed by atoms with Crippen molar-refractivity contribution in [2.75, 3.05) is 20.8 Å². The zero-order valence-electron chi connectivity index (χ0n) is 16.7. The molecule has 0 spiro atoms. The van der Waals surface area contributed by atoms with Gasteiger partial charge in [0, 0.05) is 18.2 Å². The maximum atomic E-state index is 5.90. The monoisotopic (exact) mass is 388 g/mol. The molecule has 0 aliphatic rings. The highest BCUT2D eigenvalue weighted by Gasteiger charge is 2.12. The summed E-state index contributed by atoms with van der Waals surface area (Å²) in [7, 11) is 3.33. The lowest BCUT2D eigenvalue weighted by molar-refractivity contribution is 0.300. The van der Waals surface area contributed by atoms with Crippen molar-refractivity contribution in [3.05, 3.63) is 72.8 Å². The molecule has 4 aromatic rings. The minimum Gasteiger partial charge on any atom is -0.497 e. The molecule has 148 valence electrons. The number of methoxy groups -OCH3 is 2. The van der Waals surface area contributed by atoms with Gasteiger partial charge in [-0.1, -0.05) is 18.2 Å². The zero-order chi connectivity index (χ0) is 20.1. The van der Waals surface area contributed by atoms with Gasteiger partial charge in [-0.15, -0.1) is 0 Å². The maximum absolute atomic E-state index is 5.90. The van der Waals surface area contributed by atoms with E-state index in [-0.39, 0.29) is 0 Å². The van der Waals surface area contributed by atoms with Crippen molar-refractivity contribution in [3.8, 4) is 28.6 Å². The van der Waals surface area contributed by atoms with Gasteiger partial charge in [0.2, 0.25) is 0 Å². The lowest BCUT2D eigenvalue weighted by Gasteiger charge is -2.11. The third kappa shape index (κ3) is 4.19. The SMILES string of the molecule is COc1ccc(-c2nc3ccccc3n2CCCOc2cccc(OC)c2)cc1. The Balaban J connectivity index is 1.52. The summed E-state index contributed by atoms with van der Waals surface area (Å²) in [6.07, 6.45) is 0.862. The lowest BCUT2D eigenvalue weighted by atomic mass is 10.2. The summed E-state index contributed by atoms with van der Waals surface area (Å²) in [4.78, 5) is 4.86. The molecule has 0 unspecified atom stereocenters. The number of nitrogens with zero attached hydrogens (tertiary/aromatic N) is 2. The van der Waals surface area contributed by atoms with E-state index in [4.69, 9.17) is 19.2 Å². The third-order valence-corrected chi connectivity index (χ3v) is 4.84. The zero-order valence-corrected chi connectivity index (χ0v) is 16.7. The predicted molar refractivity (Wildman–Crippen MR) is 115 cm³/mol. The Morgan fingerprint density at radius 1 is 0.793 bits per heavy atom. The van der Waals surface area contributed by atoms with E-state index in [0.29, 0.717) is 6.61 Å². The van der Waals surface area contributed by atoms with Crippen LogP contribution >= 0.6 is 0 Å². The molecule has 1 aromatic heterocycles. The van der Waals surface area contributed by atoms with Crippen LogP contribution in [0.5, 0.6) is 17.2 Å². The van der Waals surface area contributed by atoms with Gasteiger partial charge in [-0.3, -0.25) is 0 Å². The number of para-hydroxylation sites is 2. The predicted octanol–water partition coefficient (Wildman–Crippen LogP) is 5.19. The maximum Gasteiger partial charge on any atom is 0.141 e. The van der Waals surface area contributed by atoms with Gasteiger partial charge < -0.3 is 18.8 Å². The molecule has 0 bridgehead atoms. The average Bonchev–Trinajstić information content (AvgIpc) is 3.15. The molecule has 5 heteroatoms. The molecule has 0 amide bonds. The second-order valence-corrected chi connectivity index (χ2v) is 6.69. The van der Waals surface area contributed by atoms with Gasteiger partial charge in [0.15, 0.2) is 0 Å². The number of rotatable bonds is 8. The molecule has 0 atom stereocenters. The first-order valence-electron chi connectivity index (χ1n) is 9.65. The van der Waals surface area contributed by atoms with Gasteiger partial charge in [-0.05, 0) is 55.0 Å². The van der Waals surface area contributed by atoms with Crippen molar-refractivity contribution in [2.24, 2.45) is 0 Å². The lowest BCUT2D eigenvalue weighted by Crippen LogP contribution is -2.06. The molecule has 0 fully saturated rings. The summed E-state index contributed by atoms with van der Waals surface area (Å²) in [5.74, 6) is 3.40. The van der Waals surface area contributed by atoms with Crippen LogP contribution in [0.4, 0.5) is 0 Å². The van der Waals surface area contributed by atoms with Gasteiger partial charge >= 0.3 is 0 Å². The van der Waals surface area contributed by atoms with E-state index >= 15 is 0 Å². The Morgan fingerprint density at radius 2 is 1.55 bits per heavy atom. The van der Waals surface area contributed by atoms with Crippen LogP contribution in [0.3, 0.4) is 0 Å². The van der Waals surface area contributed by atoms with E-state index in [0.717, 1.165) is 52.6 Å². The molecule has 5 nitrogen and oxygen atoms in total.